The van der Waals surface area contributed by atoms with E-state index < -0.39 is 0 Å². The van der Waals surface area contributed by atoms with Gasteiger partial charge in [-0.2, -0.15) is 0 Å². The normalized spacial score (nSPS) is 11.5. The molecule has 120 valence electrons. The molecule has 2 heteroatoms. The molecule has 0 aliphatic heterocycles. The zero-order valence-corrected chi connectivity index (χ0v) is 14.8. The summed E-state index contributed by atoms with van der Waals surface area (Å²) in [5.41, 5.74) is 8.08. The lowest BCUT2D eigenvalue weighted by molar-refractivity contribution is -0.112. The van der Waals surface area contributed by atoms with Gasteiger partial charge in [-0.05, 0) is 91.8 Å². The molecule has 23 heavy (non-hydrogen) atoms. The minimum absolute atomic E-state index is 0.0498. The Labute approximate surface area is 138 Å². The molecule has 0 unspecified atom stereocenters. The molecule has 0 aromatic heterocycles. The summed E-state index contributed by atoms with van der Waals surface area (Å²) in [7, 11) is 1.65. The van der Waals surface area contributed by atoms with Crippen LogP contribution >= 0.6 is 0 Å². The Morgan fingerprint density at radius 2 is 1.48 bits per heavy atom. The van der Waals surface area contributed by atoms with Gasteiger partial charge >= 0.3 is 0 Å². The molecule has 0 fully saturated rings. The first-order valence-electron chi connectivity index (χ1n) is 7.79. The molecular formula is C21H24O2. The van der Waals surface area contributed by atoms with E-state index in [-0.39, 0.29) is 5.78 Å². The van der Waals surface area contributed by atoms with E-state index >= 15 is 0 Å². The Morgan fingerprint density at radius 1 is 0.957 bits per heavy atom. The van der Waals surface area contributed by atoms with Crippen LogP contribution in [0.1, 0.15) is 40.3 Å². The van der Waals surface area contributed by atoms with Crippen molar-refractivity contribution in [3.63, 3.8) is 0 Å². The molecule has 0 atom stereocenters. The Kier molecular flexibility index (Phi) is 5.05. The molecule has 0 spiro atoms. The van der Waals surface area contributed by atoms with Crippen molar-refractivity contribution >= 4 is 11.4 Å². The maximum Gasteiger partial charge on any atom is 0.153 e. The molecule has 0 amide bonds. The molecule has 0 bridgehead atoms. The van der Waals surface area contributed by atoms with Gasteiger partial charge in [-0.25, -0.2) is 0 Å². The van der Waals surface area contributed by atoms with Gasteiger partial charge < -0.3 is 4.74 Å². The number of hydrogen-bond donors (Lipinski definition) is 0. The van der Waals surface area contributed by atoms with Crippen molar-refractivity contribution in [2.45, 2.75) is 34.6 Å². The Hall–Kier alpha value is -2.35. The van der Waals surface area contributed by atoms with Crippen molar-refractivity contribution in [1.29, 1.82) is 0 Å². The Morgan fingerprint density at radius 3 is 1.91 bits per heavy atom. The summed E-state index contributed by atoms with van der Waals surface area (Å²) >= 11 is 0. The average Bonchev–Trinajstić information content (AvgIpc) is 2.52. The second-order valence-electron chi connectivity index (χ2n) is 6.03. The van der Waals surface area contributed by atoms with Crippen molar-refractivity contribution in [2.24, 2.45) is 0 Å². The minimum Gasteiger partial charge on any atom is -0.497 e. The zero-order valence-electron chi connectivity index (χ0n) is 14.8. The van der Waals surface area contributed by atoms with Gasteiger partial charge in [-0.1, -0.05) is 18.2 Å². The fourth-order valence-corrected chi connectivity index (χ4v) is 2.89. The number of ether oxygens (including phenoxy) is 1. The van der Waals surface area contributed by atoms with E-state index in [2.05, 4.69) is 33.8 Å². The highest BCUT2D eigenvalue weighted by atomic mass is 16.5. The lowest BCUT2D eigenvalue weighted by Gasteiger charge is -2.18. The van der Waals surface area contributed by atoms with Crippen molar-refractivity contribution in [2.75, 3.05) is 7.11 Å². The third-order valence-electron chi connectivity index (χ3n) is 4.38. The highest BCUT2D eigenvalue weighted by Crippen LogP contribution is 2.33. The molecule has 0 radical (unpaired) electrons. The number of ketones is 1. The highest BCUT2D eigenvalue weighted by molar-refractivity contribution is 6.00. The molecule has 2 aromatic carbocycles. The van der Waals surface area contributed by atoms with Crippen molar-refractivity contribution in [1.82, 2.24) is 0 Å². The monoisotopic (exact) mass is 308 g/mol. The molecule has 0 saturated heterocycles. The lowest BCUT2D eigenvalue weighted by Crippen LogP contribution is -2.02. The van der Waals surface area contributed by atoms with E-state index in [1.165, 1.54) is 22.3 Å². The van der Waals surface area contributed by atoms with Crippen LogP contribution < -0.4 is 4.74 Å². The van der Waals surface area contributed by atoms with E-state index in [1.807, 2.05) is 24.3 Å². The van der Waals surface area contributed by atoms with E-state index in [0.717, 1.165) is 22.4 Å². The topological polar surface area (TPSA) is 26.3 Å². The van der Waals surface area contributed by atoms with Crippen LogP contribution in [0.2, 0.25) is 0 Å². The van der Waals surface area contributed by atoms with Crippen molar-refractivity contribution in [3.8, 4) is 5.75 Å². The van der Waals surface area contributed by atoms with Crippen molar-refractivity contribution < 1.29 is 9.53 Å². The molecule has 0 heterocycles. The van der Waals surface area contributed by atoms with Crippen LogP contribution in [0.5, 0.6) is 5.75 Å². The molecule has 0 saturated carbocycles. The Balaban J connectivity index is 2.72. The Bertz CT molecular complexity index is 739. The van der Waals surface area contributed by atoms with Crippen LogP contribution in [0.15, 0.2) is 36.4 Å². The summed E-state index contributed by atoms with van der Waals surface area (Å²) in [6, 6.07) is 10.1. The summed E-state index contributed by atoms with van der Waals surface area (Å²) in [5, 5.41) is 0. The van der Waals surface area contributed by atoms with Crippen LogP contribution in [0.4, 0.5) is 0 Å². The maximum absolute atomic E-state index is 11.8. The first kappa shape index (κ1) is 17.0. The van der Waals surface area contributed by atoms with Crippen LogP contribution in [0, 0.1) is 27.7 Å². The first-order chi connectivity index (χ1) is 10.8. The summed E-state index contributed by atoms with van der Waals surface area (Å²) in [6.07, 6.45) is 1.73. The summed E-state index contributed by atoms with van der Waals surface area (Å²) in [4.78, 5) is 11.8. The zero-order chi connectivity index (χ0) is 17.1. The summed E-state index contributed by atoms with van der Waals surface area (Å²) < 4.78 is 5.24. The van der Waals surface area contributed by atoms with E-state index in [4.69, 9.17) is 4.74 Å². The van der Waals surface area contributed by atoms with Gasteiger partial charge in [-0.3, -0.25) is 4.79 Å². The smallest absolute Gasteiger partial charge is 0.153 e. The molecule has 2 nitrogen and oxygen atoms in total. The number of aryl methyl sites for hydroxylation is 2. The maximum atomic E-state index is 11.8. The number of allylic oxidation sites excluding steroid dienone is 1. The van der Waals surface area contributed by atoms with Gasteiger partial charge in [0.1, 0.15) is 5.75 Å². The SMILES string of the molecule is COc1ccc(/C(=C/C(C)=O)c2c(C)c(C)cc(C)c2C)cc1. The molecule has 0 aliphatic rings. The molecule has 0 aliphatic carbocycles. The van der Waals surface area contributed by atoms with Crippen LogP contribution in [0.3, 0.4) is 0 Å². The lowest BCUT2D eigenvalue weighted by atomic mass is 9.86. The third-order valence-corrected chi connectivity index (χ3v) is 4.38. The van der Waals surface area contributed by atoms with Crippen molar-refractivity contribution in [3.05, 3.63) is 69.8 Å². The molecule has 2 aromatic rings. The fraction of sp³-hybridized carbons (Fsp3) is 0.286. The van der Waals surface area contributed by atoms with E-state index in [1.54, 1.807) is 20.1 Å². The van der Waals surface area contributed by atoms with Gasteiger partial charge in [0.15, 0.2) is 5.78 Å². The number of methoxy groups -OCH3 is 1. The number of carbonyl (C=O) groups excluding carboxylic acids is 1. The van der Waals surface area contributed by atoms with Crippen LogP contribution in [-0.2, 0) is 4.79 Å². The van der Waals surface area contributed by atoms with E-state index in [0.29, 0.717) is 0 Å². The number of carbonyl (C=O) groups is 1. The fourth-order valence-electron chi connectivity index (χ4n) is 2.89. The largest absolute Gasteiger partial charge is 0.497 e. The van der Waals surface area contributed by atoms with Gasteiger partial charge in [0.2, 0.25) is 0 Å². The highest BCUT2D eigenvalue weighted by Gasteiger charge is 2.15. The second-order valence-corrected chi connectivity index (χ2v) is 6.03. The number of benzene rings is 2. The standard InChI is InChI=1S/C21H24O2/c1-13-11-14(2)17(5)21(16(13)4)20(12-15(3)22)18-7-9-19(23-6)10-8-18/h7-12H,1-6H3/b20-12-. The van der Waals surface area contributed by atoms with Gasteiger partial charge in [0.05, 0.1) is 7.11 Å². The summed E-state index contributed by atoms with van der Waals surface area (Å²) in [5.74, 6) is 0.860. The summed E-state index contributed by atoms with van der Waals surface area (Å²) in [6.45, 7) is 10.1. The molecular weight excluding hydrogens is 284 g/mol. The number of rotatable bonds is 4. The van der Waals surface area contributed by atoms with Gasteiger partial charge in [-0.15, -0.1) is 0 Å². The van der Waals surface area contributed by atoms with Crippen LogP contribution in [0.25, 0.3) is 5.57 Å². The number of hydrogen-bond acceptors (Lipinski definition) is 2. The predicted octanol–water partition coefficient (Wildman–Crippen LogP) is 4.95. The van der Waals surface area contributed by atoms with E-state index in [9.17, 15) is 4.79 Å². The average molecular weight is 308 g/mol. The second kappa shape index (κ2) is 6.82. The minimum atomic E-state index is 0.0498. The van der Waals surface area contributed by atoms with Gasteiger partial charge in [0, 0.05) is 0 Å². The third kappa shape index (κ3) is 3.53. The molecule has 2 rings (SSSR count). The predicted molar refractivity (Wildman–Crippen MR) is 96.1 cm³/mol. The molecule has 0 N–H and O–H groups in total. The van der Waals surface area contributed by atoms with Crippen LogP contribution in [-0.4, -0.2) is 12.9 Å². The van der Waals surface area contributed by atoms with Gasteiger partial charge in [0.25, 0.3) is 0 Å². The quantitative estimate of drug-likeness (QED) is 0.747. The first-order valence-corrected chi connectivity index (χ1v) is 7.79.